The second-order valence-corrected chi connectivity index (χ2v) is 15.5. The summed E-state index contributed by atoms with van der Waals surface area (Å²) in [4.78, 5) is 46.4. The van der Waals surface area contributed by atoms with E-state index in [4.69, 9.17) is 9.47 Å². The zero-order valence-corrected chi connectivity index (χ0v) is 27.9. The lowest BCUT2D eigenvalue weighted by molar-refractivity contribution is -0.220. The molecule has 1 N–H and O–H groups in total. The number of nitrogens with zero attached hydrogens (tertiary/aromatic N) is 3. The first-order chi connectivity index (χ1) is 22.3. The van der Waals surface area contributed by atoms with Crippen LogP contribution in [0.15, 0.2) is 11.8 Å². The van der Waals surface area contributed by atoms with Gasteiger partial charge in [0.25, 0.3) is 5.91 Å². The van der Waals surface area contributed by atoms with Crippen LogP contribution in [-0.2, 0) is 19.1 Å². The molecule has 0 bridgehead atoms. The Labute approximate surface area is 273 Å². The smallest absolute Gasteiger partial charge is 0.409 e. The molecule has 256 valence electrons. The van der Waals surface area contributed by atoms with E-state index in [2.05, 4.69) is 22.2 Å². The number of ketones is 1. The largest absolute Gasteiger partial charge is 0.450 e. The number of amides is 2. The van der Waals surface area contributed by atoms with E-state index < -0.39 is 12.1 Å². The SMILES string of the molecule is CCOC(=O)N1CCC(CC2C(F)CC3C(=O)C(C(=O)NCCC4CCCN4C)=CN4C5CC6CCCCC6CC5OC2C34)CC1. The first-order valence-electron chi connectivity index (χ1n) is 18.6. The van der Waals surface area contributed by atoms with Crippen molar-refractivity contribution >= 4 is 17.8 Å². The molecule has 0 aromatic heterocycles. The molecule has 46 heavy (non-hydrogen) atoms. The lowest BCUT2D eigenvalue weighted by Gasteiger charge is -2.61. The molecule has 0 spiro atoms. The van der Waals surface area contributed by atoms with Gasteiger partial charge in [0.1, 0.15) is 6.17 Å². The van der Waals surface area contributed by atoms with Crippen LogP contribution in [0.2, 0.25) is 0 Å². The molecule has 0 radical (unpaired) electrons. The molecule has 3 saturated carbocycles. The number of alkyl halides is 1. The van der Waals surface area contributed by atoms with E-state index in [1.807, 2.05) is 13.1 Å². The summed E-state index contributed by atoms with van der Waals surface area (Å²) in [6.45, 7) is 5.06. The maximum absolute atomic E-state index is 16.4. The summed E-state index contributed by atoms with van der Waals surface area (Å²) in [5.74, 6) is 0.207. The minimum absolute atomic E-state index is 0.00798. The number of likely N-dealkylation sites (tertiary alicyclic amines) is 2. The van der Waals surface area contributed by atoms with Gasteiger partial charge in [-0.3, -0.25) is 9.59 Å². The number of ether oxygens (including phenoxy) is 2. The standard InChI is InChI=1S/C36H55FN4O5/c1-3-45-36(44)40-15-11-22(12-16-40)17-26-29(37)20-27-32-34(26)46-31-19-24-8-5-4-7-23(24)18-30(31)41(32)21-28(33(27)42)35(43)38-13-10-25-9-6-14-39(25)2/h21-27,29-32,34H,3-20H2,1-2H3,(H,38,43). The Hall–Kier alpha value is -2.20. The molecule has 7 aliphatic rings. The number of halogens is 1. The van der Waals surface area contributed by atoms with Crippen LogP contribution in [0.4, 0.5) is 9.18 Å². The summed E-state index contributed by atoms with van der Waals surface area (Å²) in [6, 6.07) is 0.358. The minimum Gasteiger partial charge on any atom is -0.450 e. The highest BCUT2D eigenvalue weighted by molar-refractivity contribution is 6.20. The molecule has 10 atom stereocenters. The van der Waals surface area contributed by atoms with Gasteiger partial charge in [-0.2, -0.15) is 0 Å². The third kappa shape index (κ3) is 6.22. The van der Waals surface area contributed by atoms with Crippen LogP contribution in [-0.4, -0.2) is 109 Å². The highest BCUT2D eigenvalue weighted by Gasteiger charge is 2.59. The van der Waals surface area contributed by atoms with Crippen LogP contribution < -0.4 is 5.32 Å². The Morgan fingerprint density at radius 1 is 1.02 bits per heavy atom. The number of rotatable bonds is 7. The number of carbonyl (C=O) groups is 3. The zero-order chi connectivity index (χ0) is 31.9. The van der Waals surface area contributed by atoms with Gasteiger partial charge in [-0.05, 0) is 96.1 Å². The third-order valence-corrected chi connectivity index (χ3v) is 13.1. The Bertz CT molecular complexity index is 1180. The van der Waals surface area contributed by atoms with E-state index >= 15 is 4.39 Å². The zero-order valence-electron chi connectivity index (χ0n) is 27.9. The fourth-order valence-electron chi connectivity index (χ4n) is 10.6. The first kappa shape index (κ1) is 32.4. The predicted octanol–water partition coefficient (Wildman–Crippen LogP) is 4.69. The molecular formula is C36H55FN4O5. The van der Waals surface area contributed by atoms with Crippen molar-refractivity contribution in [1.82, 2.24) is 20.0 Å². The maximum atomic E-state index is 16.4. The van der Waals surface area contributed by atoms with E-state index in [0.717, 1.165) is 45.1 Å². The van der Waals surface area contributed by atoms with Gasteiger partial charge in [0.05, 0.1) is 36.5 Å². The van der Waals surface area contributed by atoms with Crippen molar-refractivity contribution < 1.29 is 28.2 Å². The normalized spacial score (nSPS) is 39.6. The Morgan fingerprint density at radius 3 is 2.50 bits per heavy atom. The molecule has 3 saturated heterocycles. The summed E-state index contributed by atoms with van der Waals surface area (Å²) in [6.07, 6.45) is 12.8. The second-order valence-electron chi connectivity index (χ2n) is 15.5. The first-order valence-corrected chi connectivity index (χ1v) is 18.6. The van der Waals surface area contributed by atoms with Crippen molar-refractivity contribution in [3.63, 3.8) is 0 Å². The van der Waals surface area contributed by atoms with E-state index in [1.54, 1.807) is 4.90 Å². The average molecular weight is 643 g/mol. The van der Waals surface area contributed by atoms with Crippen molar-refractivity contribution in [2.75, 3.05) is 39.8 Å². The minimum atomic E-state index is -1.16. The van der Waals surface area contributed by atoms with Crippen molar-refractivity contribution in [2.24, 2.45) is 29.6 Å². The van der Waals surface area contributed by atoms with E-state index in [1.165, 1.54) is 32.1 Å². The lowest BCUT2D eigenvalue weighted by Crippen LogP contribution is -2.70. The molecule has 7 rings (SSSR count). The highest BCUT2D eigenvalue weighted by atomic mass is 19.1. The van der Waals surface area contributed by atoms with Crippen LogP contribution in [0, 0.1) is 29.6 Å². The van der Waals surface area contributed by atoms with Gasteiger partial charge in [-0.15, -0.1) is 0 Å². The van der Waals surface area contributed by atoms with E-state index in [9.17, 15) is 14.4 Å². The molecule has 4 heterocycles. The van der Waals surface area contributed by atoms with Crippen LogP contribution in [0.1, 0.15) is 90.4 Å². The number of hydrogen-bond acceptors (Lipinski definition) is 7. The van der Waals surface area contributed by atoms with E-state index in [0.29, 0.717) is 56.5 Å². The number of fused-ring (bicyclic) bond motifs is 3. The average Bonchev–Trinajstić information content (AvgIpc) is 3.47. The molecular weight excluding hydrogens is 587 g/mol. The molecule has 0 aromatic rings. The summed E-state index contributed by atoms with van der Waals surface area (Å²) in [5, 5.41) is 3.07. The predicted molar refractivity (Wildman–Crippen MR) is 172 cm³/mol. The summed E-state index contributed by atoms with van der Waals surface area (Å²) in [7, 11) is 2.13. The summed E-state index contributed by atoms with van der Waals surface area (Å²) >= 11 is 0. The molecule has 6 fully saturated rings. The van der Waals surface area contributed by atoms with Crippen LogP contribution in [0.3, 0.4) is 0 Å². The molecule has 9 nitrogen and oxygen atoms in total. The van der Waals surface area contributed by atoms with Crippen molar-refractivity contribution in [2.45, 2.75) is 127 Å². The number of Topliss-reactive ketones (excluding diaryl/α,β-unsaturated/α-hetero) is 1. The van der Waals surface area contributed by atoms with Crippen LogP contribution >= 0.6 is 0 Å². The molecule has 2 amide bonds. The van der Waals surface area contributed by atoms with Gasteiger partial charge in [0.15, 0.2) is 5.78 Å². The molecule has 3 aliphatic carbocycles. The van der Waals surface area contributed by atoms with Gasteiger partial charge in [0.2, 0.25) is 0 Å². The van der Waals surface area contributed by atoms with E-state index in [-0.39, 0.29) is 60.0 Å². The molecule has 0 aromatic carbocycles. The monoisotopic (exact) mass is 642 g/mol. The highest BCUT2D eigenvalue weighted by Crippen LogP contribution is 2.52. The Balaban J connectivity index is 1.10. The van der Waals surface area contributed by atoms with Gasteiger partial charge in [-0.25, -0.2) is 9.18 Å². The maximum Gasteiger partial charge on any atom is 0.409 e. The van der Waals surface area contributed by atoms with Crippen LogP contribution in [0.5, 0.6) is 0 Å². The lowest BCUT2D eigenvalue weighted by atomic mass is 9.63. The fourth-order valence-corrected chi connectivity index (χ4v) is 10.6. The van der Waals surface area contributed by atoms with Crippen molar-refractivity contribution in [3.05, 3.63) is 11.8 Å². The van der Waals surface area contributed by atoms with Crippen LogP contribution in [0.25, 0.3) is 0 Å². The number of morpholine rings is 1. The number of piperidine rings is 1. The quantitative estimate of drug-likeness (QED) is 0.403. The third-order valence-electron chi connectivity index (χ3n) is 13.1. The second kappa shape index (κ2) is 13.7. The molecule has 10 heteroatoms. The van der Waals surface area contributed by atoms with Gasteiger partial charge in [-0.1, -0.05) is 25.7 Å². The number of carbonyl (C=O) groups excluding carboxylic acids is 3. The van der Waals surface area contributed by atoms with Gasteiger partial charge >= 0.3 is 6.09 Å². The van der Waals surface area contributed by atoms with Gasteiger partial charge in [0, 0.05) is 43.7 Å². The molecule has 4 aliphatic heterocycles. The Morgan fingerprint density at radius 2 is 1.78 bits per heavy atom. The van der Waals surface area contributed by atoms with Crippen molar-refractivity contribution in [1.29, 1.82) is 0 Å². The number of nitrogens with one attached hydrogen (secondary N) is 1. The Kier molecular flexibility index (Phi) is 9.66. The van der Waals surface area contributed by atoms with Crippen molar-refractivity contribution in [3.8, 4) is 0 Å². The summed E-state index contributed by atoms with van der Waals surface area (Å²) < 4.78 is 28.6. The van der Waals surface area contributed by atoms with Gasteiger partial charge < -0.3 is 29.5 Å². The summed E-state index contributed by atoms with van der Waals surface area (Å²) in [5.41, 5.74) is 0.211. The number of hydrogen-bond donors (Lipinski definition) is 1. The fraction of sp³-hybridized carbons (Fsp3) is 0.861. The molecule has 10 unspecified atom stereocenters. The topological polar surface area (TPSA) is 91.4 Å².